The summed E-state index contributed by atoms with van der Waals surface area (Å²) >= 11 is 5.88. The van der Waals surface area contributed by atoms with Crippen molar-refractivity contribution in [1.29, 1.82) is 0 Å². The van der Waals surface area contributed by atoms with Gasteiger partial charge in [0.25, 0.3) is 0 Å². The summed E-state index contributed by atoms with van der Waals surface area (Å²) in [5.41, 5.74) is 0.111. The second-order valence-electron chi connectivity index (χ2n) is 7.34. The Labute approximate surface area is 210 Å². The Kier molecular flexibility index (Phi) is 9.94. The summed E-state index contributed by atoms with van der Waals surface area (Å²) in [5, 5.41) is 15.4. The van der Waals surface area contributed by atoms with Crippen LogP contribution in [0.4, 0.5) is 23.2 Å². The minimum absolute atomic E-state index is 0.0861. The summed E-state index contributed by atoms with van der Waals surface area (Å²) in [6, 6.07) is 2.57. The van der Waals surface area contributed by atoms with Gasteiger partial charge in [0.1, 0.15) is 18.7 Å². The number of amides is 3. The molecule has 10 nitrogen and oxygen atoms in total. The fraction of sp³-hybridized carbons (Fsp3) is 0.227. The summed E-state index contributed by atoms with van der Waals surface area (Å²) in [7, 11) is 0. The predicted molar refractivity (Wildman–Crippen MR) is 119 cm³/mol. The lowest BCUT2D eigenvalue weighted by atomic mass is 10.1. The number of ketones is 1. The van der Waals surface area contributed by atoms with Crippen molar-refractivity contribution in [1.82, 2.24) is 10.6 Å². The van der Waals surface area contributed by atoms with E-state index in [0.717, 1.165) is 6.92 Å². The average Bonchev–Trinajstić information content (AvgIpc) is 2.83. The van der Waals surface area contributed by atoms with Crippen LogP contribution in [0.5, 0.6) is 5.75 Å². The number of halogens is 5. The molecule has 2 rings (SSSR count). The number of rotatable bonds is 10. The molecule has 0 fully saturated rings. The molecule has 198 valence electrons. The molecule has 2 aromatic carbocycles. The molecule has 0 radical (unpaired) electrons. The molecule has 0 aromatic heterocycles. The molecule has 0 spiro atoms. The number of aliphatic carboxylic acids is 1. The predicted octanol–water partition coefficient (Wildman–Crippen LogP) is 1.95. The van der Waals surface area contributed by atoms with Crippen LogP contribution in [0, 0.1) is 23.3 Å². The van der Waals surface area contributed by atoms with Crippen LogP contribution in [0.1, 0.15) is 13.3 Å². The topological polar surface area (TPSA) is 151 Å². The van der Waals surface area contributed by atoms with Gasteiger partial charge in [0, 0.05) is 6.07 Å². The Bertz CT molecular complexity index is 1220. The third kappa shape index (κ3) is 7.90. The molecule has 37 heavy (non-hydrogen) atoms. The standard InChI is InChI=1S/C22H18ClF4N3O7/c1-9(28-21(35)22(36)29-13-5-3-2-4-10(13)23)20(34)30-14(7-16(32)33)15(31)8-37-19-17(26)11(24)6-12(25)18(19)27/h2-6,9,14H,7-8H2,1H3,(H,28,35)(H,29,36)(H,30,34)(H,32,33). The van der Waals surface area contributed by atoms with Crippen LogP contribution in [0.15, 0.2) is 30.3 Å². The first kappa shape index (κ1) is 29.0. The highest BCUT2D eigenvalue weighted by atomic mass is 35.5. The zero-order valence-corrected chi connectivity index (χ0v) is 19.5. The molecule has 0 saturated heterocycles. The Morgan fingerprint density at radius 1 is 0.973 bits per heavy atom. The number of carboxylic acids is 1. The summed E-state index contributed by atoms with van der Waals surface area (Å²) in [5.74, 6) is -15.4. The van der Waals surface area contributed by atoms with Crippen molar-refractivity contribution in [2.45, 2.75) is 25.4 Å². The monoisotopic (exact) mass is 547 g/mol. The molecule has 3 amide bonds. The first-order valence-electron chi connectivity index (χ1n) is 10.2. The third-order valence-electron chi connectivity index (χ3n) is 4.58. The molecule has 15 heteroatoms. The maximum atomic E-state index is 13.7. The fourth-order valence-electron chi connectivity index (χ4n) is 2.71. The van der Waals surface area contributed by atoms with Crippen molar-refractivity contribution in [3.8, 4) is 5.75 Å². The summed E-state index contributed by atoms with van der Waals surface area (Å²) < 4.78 is 58.5. The van der Waals surface area contributed by atoms with Crippen molar-refractivity contribution >= 4 is 46.8 Å². The quantitative estimate of drug-likeness (QED) is 0.202. The van der Waals surface area contributed by atoms with Gasteiger partial charge in [0.2, 0.25) is 17.5 Å². The molecule has 0 bridgehead atoms. The number of anilines is 1. The van der Waals surface area contributed by atoms with Crippen LogP contribution in [0.3, 0.4) is 0 Å². The minimum Gasteiger partial charge on any atom is -0.481 e. The fourth-order valence-corrected chi connectivity index (χ4v) is 2.89. The van der Waals surface area contributed by atoms with E-state index in [1.807, 2.05) is 10.6 Å². The van der Waals surface area contributed by atoms with Gasteiger partial charge < -0.3 is 25.8 Å². The highest BCUT2D eigenvalue weighted by molar-refractivity contribution is 6.41. The van der Waals surface area contributed by atoms with E-state index in [9.17, 15) is 41.5 Å². The van der Waals surface area contributed by atoms with Crippen molar-refractivity contribution in [2.24, 2.45) is 0 Å². The smallest absolute Gasteiger partial charge is 0.313 e. The lowest BCUT2D eigenvalue weighted by Crippen LogP contribution is -2.53. The van der Waals surface area contributed by atoms with Gasteiger partial charge in [-0.15, -0.1) is 0 Å². The van der Waals surface area contributed by atoms with Crippen molar-refractivity contribution < 1.29 is 51.4 Å². The van der Waals surface area contributed by atoms with Gasteiger partial charge >= 0.3 is 17.8 Å². The number of carbonyl (C=O) groups is 5. The van der Waals surface area contributed by atoms with E-state index in [-0.39, 0.29) is 16.8 Å². The van der Waals surface area contributed by atoms with Gasteiger partial charge in [-0.1, -0.05) is 23.7 Å². The van der Waals surface area contributed by atoms with Crippen LogP contribution in [-0.4, -0.2) is 53.3 Å². The Morgan fingerprint density at radius 3 is 2.14 bits per heavy atom. The average molecular weight is 548 g/mol. The molecule has 2 aromatic rings. The first-order valence-corrected chi connectivity index (χ1v) is 10.6. The van der Waals surface area contributed by atoms with Gasteiger partial charge in [0.15, 0.2) is 23.2 Å². The van der Waals surface area contributed by atoms with Gasteiger partial charge in [-0.3, -0.25) is 24.0 Å². The molecule has 0 aliphatic carbocycles. The molecule has 0 aliphatic rings. The molecule has 0 heterocycles. The zero-order chi connectivity index (χ0) is 27.9. The lowest BCUT2D eigenvalue weighted by Gasteiger charge is -2.20. The molecular weight excluding hydrogens is 530 g/mol. The second-order valence-corrected chi connectivity index (χ2v) is 7.75. The van der Waals surface area contributed by atoms with Gasteiger partial charge in [-0.25, -0.2) is 8.78 Å². The van der Waals surface area contributed by atoms with Crippen molar-refractivity contribution in [3.05, 3.63) is 58.6 Å². The van der Waals surface area contributed by atoms with Gasteiger partial charge in [-0.2, -0.15) is 8.78 Å². The highest BCUT2D eigenvalue weighted by Gasteiger charge is 2.29. The maximum absolute atomic E-state index is 13.7. The number of hydrogen-bond donors (Lipinski definition) is 4. The first-order chi connectivity index (χ1) is 17.3. The highest BCUT2D eigenvalue weighted by Crippen LogP contribution is 2.26. The van der Waals surface area contributed by atoms with Crippen LogP contribution >= 0.6 is 11.6 Å². The SMILES string of the molecule is CC(NC(=O)C(=O)Nc1ccccc1Cl)C(=O)NC(CC(=O)O)C(=O)COc1c(F)c(F)cc(F)c1F. The molecule has 4 N–H and O–H groups in total. The van der Waals surface area contributed by atoms with Gasteiger partial charge in [0.05, 0.1) is 17.1 Å². The molecule has 0 aliphatic heterocycles. The Balaban J connectivity index is 2.02. The van der Waals surface area contributed by atoms with E-state index >= 15 is 0 Å². The van der Waals surface area contributed by atoms with E-state index in [1.165, 1.54) is 18.2 Å². The number of Topliss-reactive ketones (excluding diaryl/α,β-unsaturated/α-hetero) is 1. The number of benzene rings is 2. The zero-order valence-electron chi connectivity index (χ0n) is 18.7. The molecular formula is C22H18ClF4N3O7. The van der Waals surface area contributed by atoms with Crippen LogP contribution < -0.4 is 20.7 Å². The molecule has 0 saturated carbocycles. The number of hydrogen-bond acceptors (Lipinski definition) is 6. The number of carbonyl (C=O) groups excluding carboxylic acids is 4. The van der Waals surface area contributed by atoms with Gasteiger partial charge in [-0.05, 0) is 19.1 Å². The third-order valence-corrected chi connectivity index (χ3v) is 4.91. The molecule has 2 atom stereocenters. The van der Waals surface area contributed by atoms with Crippen LogP contribution in [0.25, 0.3) is 0 Å². The number of nitrogens with one attached hydrogen (secondary N) is 3. The van der Waals surface area contributed by atoms with E-state index in [1.54, 1.807) is 6.07 Å². The number of ether oxygens (including phenoxy) is 1. The van der Waals surface area contributed by atoms with Crippen molar-refractivity contribution in [2.75, 3.05) is 11.9 Å². The number of para-hydroxylation sites is 1. The summed E-state index contributed by atoms with van der Waals surface area (Å²) in [4.78, 5) is 60.0. The maximum Gasteiger partial charge on any atom is 0.313 e. The normalized spacial score (nSPS) is 12.2. The molecule has 2 unspecified atom stereocenters. The van der Waals surface area contributed by atoms with Crippen molar-refractivity contribution in [3.63, 3.8) is 0 Å². The Hall–Kier alpha value is -4.20. The number of carboxylic acid groups (broad SMARTS) is 1. The van der Waals surface area contributed by atoms with E-state index in [2.05, 4.69) is 10.1 Å². The van der Waals surface area contributed by atoms with Crippen LogP contribution in [0.2, 0.25) is 5.02 Å². The summed E-state index contributed by atoms with van der Waals surface area (Å²) in [6.07, 6.45) is -1.02. The van der Waals surface area contributed by atoms with E-state index < -0.39 is 83.6 Å². The summed E-state index contributed by atoms with van der Waals surface area (Å²) in [6.45, 7) is -0.176. The largest absolute Gasteiger partial charge is 0.481 e. The second kappa shape index (κ2) is 12.7. The lowest BCUT2D eigenvalue weighted by molar-refractivity contribution is -0.141. The minimum atomic E-state index is -1.93. The van der Waals surface area contributed by atoms with E-state index in [4.69, 9.17) is 16.7 Å². The van der Waals surface area contributed by atoms with Crippen LogP contribution in [-0.2, 0) is 24.0 Å². The Morgan fingerprint density at radius 2 is 1.57 bits per heavy atom. The van der Waals surface area contributed by atoms with E-state index in [0.29, 0.717) is 0 Å².